The highest BCUT2D eigenvalue weighted by molar-refractivity contribution is 8.06. The van der Waals surface area contributed by atoms with Crippen LogP contribution in [0.4, 0.5) is 11.4 Å². The predicted molar refractivity (Wildman–Crippen MR) is 186 cm³/mol. The lowest BCUT2D eigenvalue weighted by Crippen LogP contribution is -2.60. The number of fused-ring (bicyclic) bond motifs is 8. The average molecular weight is 612 g/mol. The van der Waals surface area contributed by atoms with Crippen molar-refractivity contribution in [1.29, 1.82) is 0 Å². The molecule has 5 aromatic rings. The molecule has 5 unspecified atom stereocenters. The van der Waals surface area contributed by atoms with Crippen LogP contribution >= 0.6 is 23.5 Å². The van der Waals surface area contributed by atoms with Crippen LogP contribution in [0.3, 0.4) is 0 Å². The van der Waals surface area contributed by atoms with E-state index in [1.807, 2.05) is 0 Å². The number of benzene rings is 4. The molecule has 1 saturated carbocycles. The fourth-order valence-corrected chi connectivity index (χ4v) is 13.5. The molecule has 0 bridgehead atoms. The van der Waals surface area contributed by atoms with Crippen LogP contribution in [-0.4, -0.2) is 22.6 Å². The topological polar surface area (TPSA) is 25.6 Å². The van der Waals surface area contributed by atoms with Crippen molar-refractivity contribution >= 4 is 63.5 Å². The zero-order valence-electron chi connectivity index (χ0n) is 24.6. The first-order chi connectivity index (χ1) is 21.8. The highest BCUT2D eigenvalue weighted by atomic mass is 32.2. The first-order valence-corrected chi connectivity index (χ1v) is 18.3. The van der Waals surface area contributed by atoms with Gasteiger partial charge in [0.25, 0.3) is 5.95 Å². The molecule has 4 aliphatic heterocycles. The molecule has 3 fully saturated rings. The van der Waals surface area contributed by atoms with Gasteiger partial charge in [0, 0.05) is 38.0 Å². The Labute approximate surface area is 267 Å². The van der Waals surface area contributed by atoms with Crippen molar-refractivity contribution in [3.8, 4) is 11.7 Å². The largest absolute Gasteiger partial charge is 0.427 e. The summed E-state index contributed by atoms with van der Waals surface area (Å²) in [5, 5.41) is 3.26. The third kappa shape index (κ3) is 3.80. The molecule has 2 saturated heterocycles. The van der Waals surface area contributed by atoms with Crippen LogP contribution in [0.1, 0.15) is 60.8 Å². The van der Waals surface area contributed by atoms with E-state index in [1.165, 1.54) is 66.2 Å². The number of thioether (sulfide) groups is 2. The standard InChI is InChI=1S/C38H34BNO2S2/c1-3-12-23(13-4-1)25-16-7-8-17-26(25)31-22-32-36(43-31)35-37(44-32)40(24-14-5-2-6-15-24)28-19-11-21-30-34(28)39(35)33-27-18-9-10-20-29(27)41-38(33)42-30/h2,5-11,14-21,23,31-32,35-37H,1,3-4,12-13,22H2. The molecule has 5 atom stereocenters. The van der Waals surface area contributed by atoms with Crippen LogP contribution in [0.5, 0.6) is 11.7 Å². The quantitative estimate of drug-likeness (QED) is 0.189. The van der Waals surface area contributed by atoms with Crippen LogP contribution in [0.25, 0.3) is 11.0 Å². The summed E-state index contributed by atoms with van der Waals surface area (Å²) in [6, 6.07) is 35.7. The molecule has 10 rings (SSSR count). The van der Waals surface area contributed by atoms with Crippen LogP contribution in [0.15, 0.2) is 101 Å². The molecule has 1 aromatic heterocycles. The highest BCUT2D eigenvalue weighted by Gasteiger charge is 2.61. The molecule has 5 aliphatic rings. The van der Waals surface area contributed by atoms with Crippen molar-refractivity contribution in [3.63, 3.8) is 0 Å². The number of ether oxygens (including phenoxy) is 1. The summed E-state index contributed by atoms with van der Waals surface area (Å²) in [4.78, 5) is 2.64. The molecule has 218 valence electrons. The minimum Gasteiger partial charge on any atom is -0.427 e. The normalized spacial score (nSPS) is 27.0. The Balaban J connectivity index is 1.12. The van der Waals surface area contributed by atoms with Crippen LogP contribution in [-0.2, 0) is 0 Å². The molecule has 1 aliphatic carbocycles. The van der Waals surface area contributed by atoms with E-state index in [9.17, 15) is 0 Å². The fraction of sp³-hybridized carbons (Fsp3) is 0.316. The second-order valence-corrected chi connectivity index (χ2v) is 16.0. The lowest BCUT2D eigenvalue weighted by Gasteiger charge is -2.46. The number of nitrogens with zero attached hydrogens (tertiary/aromatic N) is 1. The lowest BCUT2D eigenvalue weighted by atomic mass is 9.30. The molecule has 0 amide bonds. The zero-order chi connectivity index (χ0) is 28.8. The van der Waals surface area contributed by atoms with E-state index in [0.29, 0.717) is 32.9 Å². The van der Waals surface area contributed by atoms with Gasteiger partial charge in [-0.15, -0.1) is 23.5 Å². The lowest BCUT2D eigenvalue weighted by molar-refractivity contribution is 0.363. The smallest absolute Gasteiger partial charge is 0.285 e. The second-order valence-electron chi connectivity index (χ2n) is 13.2. The first-order valence-electron chi connectivity index (χ1n) is 16.4. The summed E-state index contributed by atoms with van der Waals surface area (Å²) in [5.74, 6) is 2.81. The Morgan fingerprint density at radius 1 is 0.727 bits per heavy atom. The van der Waals surface area contributed by atoms with Gasteiger partial charge in [-0.3, -0.25) is 0 Å². The van der Waals surface area contributed by atoms with E-state index in [2.05, 4.69) is 125 Å². The van der Waals surface area contributed by atoms with Gasteiger partial charge < -0.3 is 14.1 Å². The van der Waals surface area contributed by atoms with E-state index in [-0.39, 0.29) is 6.71 Å². The number of furan rings is 1. The van der Waals surface area contributed by atoms with E-state index in [1.54, 1.807) is 11.1 Å². The van der Waals surface area contributed by atoms with Gasteiger partial charge in [-0.05, 0) is 77.9 Å². The molecule has 0 spiro atoms. The highest BCUT2D eigenvalue weighted by Crippen LogP contribution is 2.65. The monoisotopic (exact) mass is 611 g/mol. The number of anilines is 2. The number of para-hydroxylation sites is 2. The van der Waals surface area contributed by atoms with Gasteiger partial charge in [0.2, 0.25) is 6.71 Å². The minimum absolute atomic E-state index is 0.237. The summed E-state index contributed by atoms with van der Waals surface area (Å²) >= 11 is 4.52. The Morgan fingerprint density at radius 3 is 2.41 bits per heavy atom. The van der Waals surface area contributed by atoms with Crippen LogP contribution < -0.4 is 20.6 Å². The summed E-state index contributed by atoms with van der Waals surface area (Å²) in [6.07, 6.45) is 8.10. The molecule has 0 radical (unpaired) electrons. The zero-order valence-corrected chi connectivity index (χ0v) is 26.2. The van der Waals surface area contributed by atoms with Gasteiger partial charge in [0.1, 0.15) is 11.3 Å². The molecule has 4 aromatic carbocycles. The maximum Gasteiger partial charge on any atom is 0.285 e. The van der Waals surface area contributed by atoms with Crippen LogP contribution in [0, 0.1) is 0 Å². The summed E-state index contributed by atoms with van der Waals surface area (Å²) in [5.41, 5.74) is 9.34. The number of rotatable bonds is 3. The molecular weight excluding hydrogens is 577 g/mol. The van der Waals surface area contributed by atoms with Crippen molar-refractivity contribution in [1.82, 2.24) is 0 Å². The molecule has 5 heterocycles. The van der Waals surface area contributed by atoms with Gasteiger partial charge in [0.05, 0.1) is 5.37 Å². The molecule has 0 N–H and O–H groups in total. The van der Waals surface area contributed by atoms with Crippen molar-refractivity contribution in [2.45, 2.75) is 71.4 Å². The van der Waals surface area contributed by atoms with Gasteiger partial charge >= 0.3 is 0 Å². The molecule has 6 heteroatoms. The van der Waals surface area contributed by atoms with E-state index >= 15 is 0 Å². The Bertz CT molecular complexity index is 1880. The predicted octanol–water partition coefficient (Wildman–Crippen LogP) is 9.41. The third-order valence-electron chi connectivity index (χ3n) is 10.9. The average Bonchev–Trinajstić information content (AvgIpc) is 3.76. The minimum atomic E-state index is 0.237. The molecule has 3 nitrogen and oxygen atoms in total. The summed E-state index contributed by atoms with van der Waals surface area (Å²) < 4.78 is 13.1. The maximum absolute atomic E-state index is 6.62. The Hall–Kier alpha value is -3.22. The van der Waals surface area contributed by atoms with Crippen molar-refractivity contribution in [2.24, 2.45) is 0 Å². The summed E-state index contributed by atoms with van der Waals surface area (Å²) in [7, 11) is 0. The third-order valence-corrected chi connectivity index (χ3v) is 14.5. The van der Waals surface area contributed by atoms with Crippen LogP contribution in [0.2, 0.25) is 5.82 Å². The Morgan fingerprint density at radius 2 is 1.52 bits per heavy atom. The SMILES string of the molecule is c1ccc(N2c3cccc4c3B(c3c(oc5ccccc35)O4)C3C4SC(c5ccccc5C5CCCCC5)CC4SC32)cc1. The van der Waals surface area contributed by atoms with Crippen molar-refractivity contribution < 1.29 is 9.15 Å². The van der Waals surface area contributed by atoms with E-state index in [4.69, 9.17) is 9.15 Å². The molecular formula is C38H34BNO2S2. The Kier molecular flexibility index (Phi) is 6.01. The van der Waals surface area contributed by atoms with Crippen molar-refractivity contribution in [3.05, 3.63) is 108 Å². The van der Waals surface area contributed by atoms with Gasteiger partial charge in [-0.25, -0.2) is 0 Å². The number of hydrogen-bond donors (Lipinski definition) is 0. The second kappa shape index (κ2) is 10.2. The van der Waals surface area contributed by atoms with Gasteiger partial charge in [0.15, 0.2) is 0 Å². The first kappa shape index (κ1) is 26.0. The van der Waals surface area contributed by atoms with Gasteiger partial charge in [-0.2, -0.15) is 0 Å². The maximum atomic E-state index is 6.62. The molecule has 44 heavy (non-hydrogen) atoms. The van der Waals surface area contributed by atoms with E-state index in [0.717, 1.165) is 17.3 Å². The number of hydrogen-bond acceptors (Lipinski definition) is 5. The van der Waals surface area contributed by atoms with Crippen molar-refractivity contribution in [2.75, 3.05) is 4.90 Å². The summed E-state index contributed by atoms with van der Waals surface area (Å²) in [6.45, 7) is 0.237. The van der Waals surface area contributed by atoms with E-state index < -0.39 is 0 Å². The fourth-order valence-electron chi connectivity index (χ4n) is 9.16. The van der Waals surface area contributed by atoms with Gasteiger partial charge in [-0.1, -0.05) is 86.0 Å².